The standard InChI is InChI=1S/C3H5N3O/c7-6-3-4-1-2-5-6/h1-3,5,7H. The van der Waals surface area contributed by atoms with Crippen LogP contribution in [-0.4, -0.2) is 16.7 Å². The van der Waals surface area contributed by atoms with E-state index < -0.39 is 0 Å². The van der Waals surface area contributed by atoms with Crippen molar-refractivity contribution in [3.63, 3.8) is 0 Å². The Labute approximate surface area is 40.7 Å². The molecule has 38 valence electrons. The smallest absolute Gasteiger partial charge is 0.139 e. The van der Waals surface area contributed by atoms with Gasteiger partial charge >= 0.3 is 0 Å². The van der Waals surface area contributed by atoms with Crippen molar-refractivity contribution in [1.29, 1.82) is 0 Å². The van der Waals surface area contributed by atoms with Crippen LogP contribution in [0.4, 0.5) is 0 Å². The SMILES string of the molecule is ON1C=NC=CN1. The molecule has 0 amide bonds. The molecular weight excluding hydrogens is 94.1 g/mol. The van der Waals surface area contributed by atoms with Gasteiger partial charge in [-0.05, 0) is 0 Å². The van der Waals surface area contributed by atoms with Gasteiger partial charge in [-0.25, -0.2) is 4.99 Å². The lowest BCUT2D eigenvalue weighted by molar-refractivity contribution is -0.0437. The lowest BCUT2D eigenvalue weighted by Crippen LogP contribution is -2.30. The lowest BCUT2D eigenvalue weighted by atomic mass is 10.9. The maximum atomic E-state index is 8.43. The second-order valence-electron chi connectivity index (χ2n) is 1.05. The minimum Gasteiger partial charge on any atom is -0.279 e. The average Bonchev–Trinajstić information content (AvgIpc) is 1.69. The van der Waals surface area contributed by atoms with Crippen LogP contribution in [0.2, 0.25) is 0 Å². The maximum Gasteiger partial charge on any atom is 0.139 e. The van der Waals surface area contributed by atoms with Crippen LogP contribution in [0.25, 0.3) is 0 Å². The summed E-state index contributed by atoms with van der Waals surface area (Å²) in [4.78, 5) is 3.57. The predicted octanol–water partition coefficient (Wildman–Crippen LogP) is -0.305. The third kappa shape index (κ3) is 0.902. The van der Waals surface area contributed by atoms with Gasteiger partial charge in [0.25, 0.3) is 0 Å². The van der Waals surface area contributed by atoms with Gasteiger partial charge in [0.2, 0.25) is 0 Å². The van der Waals surface area contributed by atoms with Crippen LogP contribution < -0.4 is 5.43 Å². The molecular formula is C3H5N3O. The Morgan fingerprint density at radius 1 is 1.71 bits per heavy atom. The average molecular weight is 99.1 g/mol. The van der Waals surface area contributed by atoms with E-state index in [0.29, 0.717) is 0 Å². The normalized spacial score (nSPS) is 17.0. The second-order valence-corrected chi connectivity index (χ2v) is 1.05. The summed E-state index contributed by atoms with van der Waals surface area (Å²) in [5.41, 5.74) is 2.44. The van der Waals surface area contributed by atoms with Gasteiger partial charge in [0.05, 0.1) is 0 Å². The molecule has 0 aromatic heterocycles. The minimum atomic E-state index is 0.764. The summed E-state index contributed by atoms with van der Waals surface area (Å²) in [5, 5.41) is 9.19. The Hall–Kier alpha value is -1.03. The van der Waals surface area contributed by atoms with E-state index in [1.165, 1.54) is 18.7 Å². The fourth-order valence-electron chi connectivity index (χ4n) is 0.288. The molecule has 0 saturated carbocycles. The molecule has 0 unspecified atom stereocenters. The van der Waals surface area contributed by atoms with Crippen molar-refractivity contribution in [3.05, 3.63) is 12.4 Å². The van der Waals surface area contributed by atoms with Crippen molar-refractivity contribution in [1.82, 2.24) is 10.6 Å². The molecule has 4 nitrogen and oxygen atoms in total. The van der Waals surface area contributed by atoms with Crippen LogP contribution in [0.5, 0.6) is 0 Å². The van der Waals surface area contributed by atoms with E-state index in [1.54, 1.807) is 0 Å². The number of rotatable bonds is 0. The van der Waals surface area contributed by atoms with E-state index in [9.17, 15) is 0 Å². The fraction of sp³-hybridized carbons (Fsp3) is 0. The van der Waals surface area contributed by atoms with Crippen LogP contribution in [0.1, 0.15) is 0 Å². The molecule has 0 spiro atoms. The van der Waals surface area contributed by atoms with Gasteiger partial charge in [0.1, 0.15) is 6.34 Å². The van der Waals surface area contributed by atoms with Crippen LogP contribution >= 0.6 is 0 Å². The van der Waals surface area contributed by atoms with Gasteiger partial charge in [-0.15, -0.1) is 0 Å². The first-order valence-electron chi connectivity index (χ1n) is 1.82. The van der Waals surface area contributed by atoms with Crippen molar-refractivity contribution in [2.45, 2.75) is 0 Å². The monoisotopic (exact) mass is 99.0 g/mol. The molecule has 1 heterocycles. The molecule has 7 heavy (non-hydrogen) atoms. The molecule has 0 fully saturated rings. The number of nitrogens with one attached hydrogen (secondary N) is 1. The predicted molar refractivity (Wildman–Crippen MR) is 24.4 cm³/mol. The Balaban J connectivity index is 2.49. The summed E-state index contributed by atoms with van der Waals surface area (Å²) in [7, 11) is 0. The summed E-state index contributed by atoms with van der Waals surface area (Å²) in [6.07, 6.45) is 4.30. The molecule has 0 aliphatic carbocycles. The number of hydrogen-bond donors (Lipinski definition) is 2. The summed E-state index contributed by atoms with van der Waals surface area (Å²) in [5.74, 6) is 0. The molecule has 1 rings (SSSR count). The first-order valence-corrected chi connectivity index (χ1v) is 1.82. The third-order valence-electron chi connectivity index (χ3n) is 0.543. The number of hydrogen-bond acceptors (Lipinski definition) is 4. The molecule has 0 aromatic carbocycles. The highest BCUT2D eigenvalue weighted by Gasteiger charge is 1.87. The van der Waals surface area contributed by atoms with E-state index >= 15 is 0 Å². The van der Waals surface area contributed by atoms with Crippen molar-refractivity contribution in [3.8, 4) is 0 Å². The van der Waals surface area contributed by atoms with E-state index in [4.69, 9.17) is 5.21 Å². The first kappa shape index (κ1) is 4.14. The zero-order valence-corrected chi connectivity index (χ0v) is 3.57. The van der Waals surface area contributed by atoms with Crippen molar-refractivity contribution < 1.29 is 5.21 Å². The summed E-state index contributed by atoms with van der Waals surface area (Å²) >= 11 is 0. The molecule has 0 radical (unpaired) electrons. The molecule has 4 heteroatoms. The number of hydrazine groups is 1. The van der Waals surface area contributed by atoms with Gasteiger partial charge in [-0.1, -0.05) is 0 Å². The minimum absolute atomic E-state index is 0.764. The lowest BCUT2D eigenvalue weighted by Gasteiger charge is -2.10. The number of hydroxylamine groups is 1. The molecule has 0 atom stereocenters. The Morgan fingerprint density at radius 3 is 2.86 bits per heavy atom. The van der Waals surface area contributed by atoms with E-state index in [0.717, 1.165) is 5.17 Å². The number of nitrogens with zero attached hydrogens (tertiary/aromatic N) is 2. The summed E-state index contributed by atoms with van der Waals surface area (Å²) < 4.78 is 0. The Bertz CT molecular complexity index is 109. The molecule has 1 aliphatic rings. The highest BCUT2D eigenvalue weighted by molar-refractivity contribution is 5.54. The molecule has 0 aromatic rings. The van der Waals surface area contributed by atoms with E-state index in [1.807, 2.05) is 0 Å². The topological polar surface area (TPSA) is 47.9 Å². The largest absolute Gasteiger partial charge is 0.279 e. The Morgan fingerprint density at radius 2 is 2.57 bits per heavy atom. The number of aliphatic imine (C=N–C) groups is 1. The van der Waals surface area contributed by atoms with Crippen molar-refractivity contribution >= 4 is 6.34 Å². The highest BCUT2D eigenvalue weighted by Crippen LogP contribution is 1.78. The molecule has 0 saturated heterocycles. The maximum absolute atomic E-state index is 8.43. The van der Waals surface area contributed by atoms with Gasteiger partial charge in [-0.3, -0.25) is 10.6 Å². The highest BCUT2D eigenvalue weighted by atomic mass is 16.5. The van der Waals surface area contributed by atoms with Gasteiger partial charge in [0.15, 0.2) is 0 Å². The van der Waals surface area contributed by atoms with Crippen LogP contribution in [-0.2, 0) is 0 Å². The van der Waals surface area contributed by atoms with Gasteiger partial charge < -0.3 is 0 Å². The van der Waals surface area contributed by atoms with E-state index in [-0.39, 0.29) is 0 Å². The molecule has 1 aliphatic heterocycles. The van der Waals surface area contributed by atoms with Crippen molar-refractivity contribution in [2.75, 3.05) is 0 Å². The van der Waals surface area contributed by atoms with Crippen LogP contribution in [0.15, 0.2) is 17.4 Å². The first-order chi connectivity index (χ1) is 3.39. The second kappa shape index (κ2) is 1.61. The van der Waals surface area contributed by atoms with Crippen LogP contribution in [0, 0.1) is 0 Å². The van der Waals surface area contributed by atoms with E-state index in [2.05, 4.69) is 10.4 Å². The third-order valence-corrected chi connectivity index (χ3v) is 0.543. The molecule has 0 bridgehead atoms. The van der Waals surface area contributed by atoms with Gasteiger partial charge in [0, 0.05) is 12.4 Å². The fourth-order valence-corrected chi connectivity index (χ4v) is 0.288. The van der Waals surface area contributed by atoms with Gasteiger partial charge in [-0.2, -0.15) is 5.17 Å². The summed E-state index contributed by atoms with van der Waals surface area (Å²) in [6.45, 7) is 0. The Kier molecular flexibility index (Phi) is 0.953. The molecule has 2 N–H and O–H groups in total. The quantitative estimate of drug-likeness (QED) is 0.438. The van der Waals surface area contributed by atoms with Crippen LogP contribution in [0.3, 0.4) is 0 Å². The van der Waals surface area contributed by atoms with Crippen molar-refractivity contribution in [2.24, 2.45) is 4.99 Å². The zero-order valence-electron chi connectivity index (χ0n) is 3.57. The zero-order chi connectivity index (χ0) is 5.11. The summed E-state index contributed by atoms with van der Waals surface area (Å²) in [6, 6.07) is 0.